The van der Waals surface area contributed by atoms with Crippen LogP contribution in [0.25, 0.3) is 0 Å². The van der Waals surface area contributed by atoms with Crippen molar-refractivity contribution in [1.29, 1.82) is 0 Å². The van der Waals surface area contributed by atoms with Crippen molar-refractivity contribution in [3.8, 4) is 0 Å². The van der Waals surface area contributed by atoms with Crippen LogP contribution in [0.15, 0.2) is 12.3 Å². The number of methoxy groups -OCH3 is 1. The molecule has 0 aliphatic heterocycles. The van der Waals surface area contributed by atoms with Crippen LogP contribution in [-0.2, 0) is 4.74 Å². The number of carboxylic acid groups (broad SMARTS) is 1. The van der Waals surface area contributed by atoms with Crippen molar-refractivity contribution in [2.75, 3.05) is 25.2 Å². The van der Waals surface area contributed by atoms with E-state index >= 15 is 0 Å². The van der Waals surface area contributed by atoms with E-state index in [0.29, 0.717) is 13.2 Å². The van der Waals surface area contributed by atoms with Gasteiger partial charge in [-0.1, -0.05) is 0 Å². The van der Waals surface area contributed by atoms with Gasteiger partial charge in [-0.3, -0.25) is 0 Å². The van der Waals surface area contributed by atoms with Crippen LogP contribution >= 0.6 is 0 Å². The predicted molar refractivity (Wildman–Crippen MR) is 63.4 cm³/mol. The molecule has 1 aromatic heterocycles. The van der Waals surface area contributed by atoms with E-state index in [4.69, 9.17) is 9.84 Å². The molecule has 1 saturated carbocycles. The Balaban J connectivity index is 2.29. The van der Waals surface area contributed by atoms with Crippen molar-refractivity contribution >= 4 is 11.8 Å². The number of halogens is 1. The number of pyridine rings is 1. The summed E-state index contributed by atoms with van der Waals surface area (Å²) >= 11 is 0. The molecule has 1 aliphatic carbocycles. The Labute approximate surface area is 104 Å². The maximum Gasteiger partial charge on any atom is 0.338 e. The quantitative estimate of drug-likeness (QED) is 0.834. The van der Waals surface area contributed by atoms with Crippen molar-refractivity contribution in [3.05, 3.63) is 23.6 Å². The van der Waals surface area contributed by atoms with E-state index in [0.717, 1.165) is 12.8 Å². The minimum Gasteiger partial charge on any atom is -0.478 e. The molecule has 0 bridgehead atoms. The van der Waals surface area contributed by atoms with Gasteiger partial charge in [0.1, 0.15) is 5.56 Å². The molecule has 0 radical (unpaired) electrons. The topological polar surface area (TPSA) is 62.7 Å². The number of nitrogens with zero attached hydrogens (tertiary/aromatic N) is 2. The summed E-state index contributed by atoms with van der Waals surface area (Å²) in [5, 5.41) is 8.89. The zero-order valence-electron chi connectivity index (χ0n) is 10.1. The van der Waals surface area contributed by atoms with Gasteiger partial charge >= 0.3 is 5.97 Å². The molecule has 1 heterocycles. The van der Waals surface area contributed by atoms with Gasteiger partial charge in [-0.25, -0.2) is 14.2 Å². The zero-order valence-corrected chi connectivity index (χ0v) is 10.1. The van der Waals surface area contributed by atoms with Crippen LogP contribution in [0.4, 0.5) is 10.2 Å². The molecule has 6 heteroatoms. The average molecular weight is 254 g/mol. The fourth-order valence-corrected chi connectivity index (χ4v) is 1.84. The van der Waals surface area contributed by atoms with Gasteiger partial charge in [0, 0.05) is 25.9 Å². The van der Waals surface area contributed by atoms with E-state index in [-0.39, 0.29) is 17.4 Å². The van der Waals surface area contributed by atoms with E-state index in [1.165, 1.54) is 12.3 Å². The second-order valence-corrected chi connectivity index (χ2v) is 4.22. The normalized spacial score (nSPS) is 14.6. The summed E-state index contributed by atoms with van der Waals surface area (Å²) < 4.78 is 19.0. The number of aromatic carboxylic acids is 1. The molecular formula is C12H15FN2O3. The lowest BCUT2D eigenvalue weighted by Gasteiger charge is -2.23. The van der Waals surface area contributed by atoms with E-state index in [2.05, 4.69) is 4.98 Å². The highest BCUT2D eigenvalue weighted by Crippen LogP contribution is 2.32. The molecule has 98 valence electrons. The maximum atomic E-state index is 14.1. The summed E-state index contributed by atoms with van der Waals surface area (Å²) in [6.07, 6.45) is 3.27. The number of hydrogen-bond donors (Lipinski definition) is 1. The van der Waals surface area contributed by atoms with Crippen LogP contribution in [0.2, 0.25) is 0 Å². The molecule has 18 heavy (non-hydrogen) atoms. The van der Waals surface area contributed by atoms with Gasteiger partial charge in [-0.2, -0.15) is 0 Å². The van der Waals surface area contributed by atoms with Crippen LogP contribution in [0.5, 0.6) is 0 Å². The Hall–Kier alpha value is -1.69. The minimum absolute atomic E-state index is 0.106. The van der Waals surface area contributed by atoms with Gasteiger partial charge in [0.15, 0.2) is 11.6 Å². The smallest absolute Gasteiger partial charge is 0.338 e. The molecule has 1 fully saturated rings. The lowest BCUT2D eigenvalue weighted by Crippen LogP contribution is -2.31. The van der Waals surface area contributed by atoms with Crippen LogP contribution in [-0.4, -0.2) is 42.4 Å². The third-order valence-electron chi connectivity index (χ3n) is 2.90. The second kappa shape index (κ2) is 5.30. The van der Waals surface area contributed by atoms with E-state index in [1.807, 2.05) is 0 Å². The molecule has 5 nitrogen and oxygen atoms in total. The Morgan fingerprint density at radius 1 is 1.67 bits per heavy atom. The van der Waals surface area contributed by atoms with Crippen molar-refractivity contribution in [2.45, 2.75) is 18.9 Å². The summed E-state index contributed by atoms with van der Waals surface area (Å²) in [6, 6.07) is 1.41. The van der Waals surface area contributed by atoms with Crippen LogP contribution in [0.3, 0.4) is 0 Å². The lowest BCUT2D eigenvalue weighted by atomic mass is 10.2. The molecule has 1 N–H and O–H groups in total. The monoisotopic (exact) mass is 254 g/mol. The molecule has 0 unspecified atom stereocenters. The molecule has 0 aromatic carbocycles. The number of hydrogen-bond acceptors (Lipinski definition) is 4. The SMILES string of the molecule is COCCN(c1nccc(C(=O)O)c1F)C1CC1. The van der Waals surface area contributed by atoms with Gasteiger partial charge in [-0.15, -0.1) is 0 Å². The number of aromatic nitrogens is 1. The van der Waals surface area contributed by atoms with Gasteiger partial charge in [0.05, 0.1) is 6.61 Å². The first-order valence-electron chi connectivity index (χ1n) is 5.78. The third kappa shape index (κ3) is 2.59. The molecule has 1 aliphatic rings. The molecule has 0 saturated heterocycles. The fourth-order valence-electron chi connectivity index (χ4n) is 1.84. The molecule has 0 amide bonds. The molecule has 0 spiro atoms. The van der Waals surface area contributed by atoms with Crippen molar-refractivity contribution in [1.82, 2.24) is 4.98 Å². The Bertz CT molecular complexity index is 449. The van der Waals surface area contributed by atoms with E-state index in [1.54, 1.807) is 12.0 Å². The van der Waals surface area contributed by atoms with Gasteiger partial charge in [-0.05, 0) is 18.9 Å². The number of carboxylic acids is 1. The average Bonchev–Trinajstić information content (AvgIpc) is 3.15. The first kappa shape index (κ1) is 12.8. The fraction of sp³-hybridized carbons (Fsp3) is 0.500. The summed E-state index contributed by atoms with van der Waals surface area (Å²) in [5.74, 6) is -1.94. The molecule has 2 rings (SSSR count). The van der Waals surface area contributed by atoms with Crippen molar-refractivity contribution in [3.63, 3.8) is 0 Å². The highest BCUT2D eigenvalue weighted by atomic mass is 19.1. The van der Waals surface area contributed by atoms with Gasteiger partial charge in [0.2, 0.25) is 0 Å². The standard InChI is InChI=1S/C12H15FN2O3/c1-18-7-6-15(8-2-3-8)11-10(13)9(12(16)17)4-5-14-11/h4-5,8H,2-3,6-7H2,1H3,(H,16,17). The summed E-state index contributed by atoms with van der Waals surface area (Å²) in [5.41, 5.74) is -0.344. The predicted octanol–water partition coefficient (Wildman–Crippen LogP) is 1.53. The number of anilines is 1. The first-order valence-corrected chi connectivity index (χ1v) is 5.78. The van der Waals surface area contributed by atoms with Gasteiger partial charge < -0.3 is 14.7 Å². The van der Waals surface area contributed by atoms with Crippen molar-refractivity contribution in [2.24, 2.45) is 0 Å². The van der Waals surface area contributed by atoms with Gasteiger partial charge in [0.25, 0.3) is 0 Å². The first-order chi connectivity index (χ1) is 8.65. The zero-order chi connectivity index (χ0) is 13.1. The Morgan fingerprint density at radius 2 is 2.39 bits per heavy atom. The summed E-state index contributed by atoms with van der Waals surface area (Å²) in [6.45, 7) is 0.961. The van der Waals surface area contributed by atoms with E-state index in [9.17, 15) is 9.18 Å². The Kier molecular flexibility index (Phi) is 3.76. The highest BCUT2D eigenvalue weighted by molar-refractivity contribution is 5.88. The number of carbonyl (C=O) groups is 1. The molecule has 1 aromatic rings. The summed E-state index contributed by atoms with van der Waals surface area (Å²) in [7, 11) is 1.57. The molecule has 0 atom stereocenters. The number of rotatable bonds is 6. The van der Waals surface area contributed by atoms with Crippen LogP contribution in [0, 0.1) is 5.82 Å². The van der Waals surface area contributed by atoms with Crippen LogP contribution in [0.1, 0.15) is 23.2 Å². The van der Waals surface area contributed by atoms with Crippen molar-refractivity contribution < 1.29 is 19.0 Å². The lowest BCUT2D eigenvalue weighted by molar-refractivity contribution is 0.0691. The Morgan fingerprint density at radius 3 is 2.94 bits per heavy atom. The summed E-state index contributed by atoms with van der Waals surface area (Å²) in [4.78, 5) is 16.6. The second-order valence-electron chi connectivity index (χ2n) is 4.22. The number of ether oxygens (including phenoxy) is 1. The van der Waals surface area contributed by atoms with E-state index < -0.39 is 11.8 Å². The minimum atomic E-state index is -1.28. The largest absolute Gasteiger partial charge is 0.478 e. The highest BCUT2D eigenvalue weighted by Gasteiger charge is 2.32. The maximum absolute atomic E-state index is 14.1. The van der Waals surface area contributed by atoms with Crippen LogP contribution < -0.4 is 4.90 Å². The third-order valence-corrected chi connectivity index (χ3v) is 2.90. The molecular weight excluding hydrogens is 239 g/mol.